The quantitative estimate of drug-likeness (QED) is 0.749. The predicted molar refractivity (Wildman–Crippen MR) is 104 cm³/mol. The molecule has 2 heterocycles. The maximum Gasteiger partial charge on any atom is 0.409 e. The molecule has 3 rings (SSSR count). The Bertz CT molecular complexity index is 859. The van der Waals surface area contributed by atoms with E-state index < -0.39 is 15.6 Å². The van der Waals surface area contributed by atoms with Gasteiger partial charge in [-0.05, 0) is 18.6 Å². The van der Waals surface area contributed by atoms with E-state index in [4.69, 9.17) is 9.47 Å². The van der Waals surface area contributed by atoms with Crippen LogP contribution in [0.2, 0.25) is 0 Å². The van der Waals surface area contributed by atoms with Crippen molar-refractivity contribution in [3.05, 3.63) is 23.8 Å². The van der Waals surface area contributed by atoms with E-state index in [0.29, 0.717) is 49.5 Å². The van der Waals surface area contributed by atoms with Crippen molar-refractivity contribution in [1.82, 2.24) is 4.90 Å². The van der Waals surface area contributed by atoms with E-state index in [0.717, 1.165) is 19.1 Å². The number of ketones is 1. The lowest BCUT2D eigenvalue weighted by Crippen LogP contribution is -2.52. The first kappa shape index (κ1) is 20.4. The molecule has 1 aromatic rings. The number of hydrogen-bond acceptors (Lipinski definition) is 6. The molecule has 0 aliphatic carbocycles. The third-order valence-electron chi connectivity index (χ3n) is 5.05. The Morgan fingerprint density at radius 1 is 1.32 bits per heavy atom. The van der Waals surface area contributed by atoms with Gasteiger partial charge in [0.2, 0.25) is 10.0 Å². The summed E-state index contributed by atoms with van der Waals surface area (Å²) < 4.78 is 36.7. The van der Waals surface area contributed by atoms with Crippen LogP contribution in [-0.2, 0) is 14.8 Å². The summed E-state index contributed by atoms with van der Waals surface area (Å²) in [4.78, 5) is 26.4. The molecule has 0 aromatic heterocycles. The highest BCUT2D eigenvalue weighted by molar-refractivity contribution is 7.92. The molecule has 154 valence electrons. The Morgan fingerprint density at radius 3 is 2.68 bits per heavy atom. The van der Waals surface area contributed by atoms with Crippen LogP contribution in [0.3, 0.4) is 0 Å². The third kappa shape index (κ3) is 4.76. The van der Waals surface area contributed by atoms with Crippen molar-refractivity contribution in [2.75, 3.05) is 30.7 Å². The van der Waals surface area contributed by atoms with Crippen molar-refractivity contribution < 1.29 is 27.5 Å². The highest BCUT2D eigenvalue weighted by atomic mass is 32.2. The van der Waals surface area contributed by atoms with Crippen molar-refractivity contribution in [1.29, 1.82) is 0 Å². The van der Waals surface area contributed by atoms with Gasteiger partial charge in [-0.1, -0.05) is 13.3 Å². The SMILES string of the molecule is CCCCOC(=O)N1CCC2(CC1)CC(=O)c1ccc(NS(C)(=O)=O)cc1O2. The molecule has 1 saturated heterocycles. The molecular weight excluding hydrogens is 384 g/mol. The maximum absolute atomic E-state index is 12.6. The fraction of sp³-hybridized carbons (Fsp3) is 0.579. The molecule has 2 aliphatic rings. The first-order valence-corrected chi connectivity index (χ1v) is 11.4. The number of piperidine rings is 1. The molecule has 9 heteroatoms. The van der Waals surface area contributed by atoms with Gasteiger partial charge >= 0.3 is 6.09 Å². The van der Waals surface area contributed by atoms with Gasteiger partial charge in [-0.2, -0.15) is 0 Å². The van der Waals surface area contributed by atoms with Gasteiger partial charge in [-0.15, -0.1) is 0 Å². The summed E-state index contributed by atoms with van der Waals surface area (Å²) in [6, 6.07) is 4.67. The molecule has 2 aliphatic heterocycles. The minimum atomic E-state index is -3.43. The van der Waals surface area contributed by atoms with Crippen molar-refractivity contribution in [2.24, 2.45) is 0 Å². The number of ether oxygens (including phenoxy) is 2. The molecule has 1 spiro atoms. The van der Waals surface area contributed by atoms with Crippen LogP contribution in [0.4, 0.5) is 10.5 Å². The Balaban J connectivity index is 1.69. The molecule has 8 nitrogen and oxygen atoms in total. The first-order chi connectivity index (χ1) is 13.2. The Kier molecular flexibility index (Phi) is 5.83. The monoisotopic (exact) mass is 410 g/mol. The lowest BCUT2D eigenvalue weighted by atomic mass is 9.82. The number of benzene rings is 1. The van der Waals surface area contributed by atoms with Gasteiger partial charge in [0.05, 0.1) is 30.5 Å². The standard InChI is InChI=1S/C19H26N2O6S/c1-3-4-11-26-18(23)21-9-7-19(8-10-21)13-16(22)15-6-5-14(12-17(15)27-19)20-28(2,24)25/h5-6,12,20H,3-4,7-11,13H2,1-2H3. The lowest BCUT2D eigenvalue weighted by molar-refractivity contribution is -0.00908. The van der Waals surface area contributed by atoms with Crippen molar-refractivity contribution >= 4 is 27.6 Å². The molecule has 0 bridgehead atoms. The highest BCUT2D eigenvalue weighted by Crippen LogP contribution is 2.40. The van der Waals surface area contributed by atoms with E-state index in [9.17, 15) is 18.0 Å². The van der Waals surface area contributed by atoms with Crippen LogP contribution < -0.4 is 9.46 Å². The second-order valence-corrected chi connectivity index (χ2v) is 9.17. The van der Waals surface area contributed by atoms with Crippen LogP contribution >= 0.6 is 0 Å². The predicted octanol–water partition coefficient (Wildman–Crippen LogP) is 2.79. The molecular formula is C19H26N2O6S. The first-order valence-electron chi connectivity index (χ1n) is 9.47. The number of nitrogens with zero attached hydrogens (tertiary/aromatic N) is 1. The number of hydrogen-bond donors (Lipinski definition) is 1. The number of rotatable bonds is 5. The van der Waals surface area contributed by atoms with Gasteiger partial charge in [-0.3, -0.25) is 9.52 Å². The fourth-order valence-corrected chi connectivity index (χ4v) is 4.10. The molecule has 0 atom stereocenters. The topological polar surface area (TPSA) is 102 Å². The highest BCUT2D eigenvalue weighted by Gasteiger charge is 2.44. The van der Waals surface area contributed by atoms with Gasteiger partial charge in [0.25, 0.3) is 0 Å². The van der Waals surface area contributed by atoms with E-state index in [1.807, 2.05) is 6.92 Å². The summed E-state index contributed by atoms with van der Waals surface area (Å²) in [5.74, 6) is 0.343. The van der Waals surface area contributed by atoms with Crippen molar-refractivity contribution in [3.63, 3.8) is 0 Å². The number of carbonyl (C=O) groups excluding carboxylic acids is 2. The summed E-state index contributed by atoms with van der Waals surface area (Å²) in [5, 5.41) is 0. The summed E-state index contributed by atoms with van der Waals surface area (Å²) in [6.45, 7) is 3.35. The van der Waals surface area contributed by atoms with Crippen molar-refractivity contribution in [2.45, 2.75) is 44.6 Å². The minimum Gasteiger partial charge on any atom is -0.486 e. The number of likely N-dealkylation sites (tertiary alicyclic amines) is 1. The number of fused-ring (bicyclic) bond motifs is 1. The molecule has 0 saturated carbocycles. The van der Waals surface area contributed by atoms with E-state index in [1.165, 1.54) is 0 Å². The summed E-state index contributed by atoms with van der Waals surface area (Å²) >= 11 is 0. The molecule has 1 amide bonds. The molecule has 0 unspecified atom stereocenters. The van der Waals surface area contributed by atoms with Gasteiger partial charge in [0, 0.05) is 32.0 Å². The van der Waals surface area contributed by atoms with Crippen LogP contribution in [0.25, 0.3) is 0 Å². The zero-order chi connectivity index (χ0) is 20.4. The molecule has 0 radical (unpaired) electrons. The van der Waals surface area contributed by atoms with Crippen LogP contribution in [0.1, 0.15) is 49.4 Å². The largest absolute Gasteiger partial charge is 0.486 e. The van der Waals surface area contributed by atoms with E-state index in [-0.39, 0.29) is 18.3 Å². The normalized spacial score (nSPS) is 18.4. The van der Waals surface area contributed by atoms with Crippen LogP contribution in [0.15, 0.2) is 18.2 Å². The number of carbonyl (C=O) groups is 2. The summed E-state index contributed by atoms with van der Waals surface area (Å²) in [7, 11) is -3.43. The third-order valence-corrected chi connectivity index (χ3v) is 5.66. The van der Waals surface area contributed by atoms with E-state index in [1.54, 1.807) is 23.1 Å². The van der Waals surface area contributed by atoms with Crippen LogP contribution in [0.5, 0.6) is 5.75 Å². The second-order valence-electron chi connectivity index (χ2n) is 7.43. The molecule has 28 heavy (non-hydrogen) atoms. The van der Waals surface area contributed by atoms with Gasteiger partial charge < -0.3 is 14.4 Å². The van der Waals surface area contributed by atoms with Crippen LogP contribution in [0, 0.1) is 0 Å². The summed E-state index contributed by atoms with van der Waals surface area (Å²) in [6.07, 6.45) is 3.82. The molecule has 1 aromatic carbocycles. The molecule has 1 fully saturated rings. The zero-order valence-corrected chi connectivity index (χ0v) is 17.0. The summed E-state index contributed by atoms with van der Waals surface area (Å²) in [5.41, 5.74) is 0.127. The number of amides is 1. The van der Waals surface area contributed by atoms with E-state index >= 15 is 0 Å². The van der Waals surface area contributed by atoms with Gasteiger partial charge in [0.1, 0.15) is 11.4 Å². The maximum atomic E-state index is 12.6. The number of nitrogens with one attached hydrogen (secondary N) is 1. The van der Waals surface area contributed by atoms with Gasteiger partial charge in [-0.25, -0.2) is 13.2 Å². The van der Waals surface area contributed by atoms with Gasteiger partial charge in [0.15, 0.2) is 5.78 Å². The Morgan fingerprint density at radius 2 is 2.04 bits per heavy atom. The van der Waals surface area contributed by atoms with E-state index in [2.05, 4.69) is 4.72 Å². The zero-order valence-electron chi connectivity index (χ0n) is 16.2. The Hall–Kier alpha value is -2.29. The number of unbranched alkanes of at least 4 members (excludes halogenated alkanes) is 1. The van der Waals surface area contributed by atoms with Crippen LogP contribution in [-0.4, -0.2) is 56.7 Å². The number of Topliss-reactive ketones (excluding diaryl/α,β-unsaturated/α-hetero) is 1. The number of sulfonamides is 1. The average Bonchev–Trinajstić information content (AvgIpc) is 2.60. The number of anilines is 1. The Labute approximate surface area is 165 Å². The minimum absolute atomic E-state index is 0.0360. The smallest absolute Gasteiger partial charge is 0.409 e. The fourth-order valence-electron chi connectivity index (χ4n) is 3.54. The molecule has 1 N–H and O–H groups in total. The lowest BCUT2D eigenvalue weighted by Gasteiger charge is -2.43. The average molecular weight is 410 g/mol. The second kappa shape index (κ2) is 7.98. The van der Waals surface area contributed by atoms with Crippen molar-refractivity contribution in [3.8, 4) is 5.75 Å².